The quantitative estimate of drug-likeness (QED) is 0.719. The second-order valence-corrected chi connectivity index (χ2v) is 6.03. The van der Waals surface area contributed by atoms with Crippen LogP contribution in [0.5, 0.6) is 11.5 Å². The molecule has 0 unspecified atom stereocenters. The molecule has 2 aromatic carbocycles. The average Bonchev–Trinajstić information content (AvgIpc) is 2.42. The number of phenolic OH excluding ortho intramolecular Hbond substituents is 2. The van der Waals surface area contributed by atoms with Crippen LogP contribution in [0.2, 0.25) is 0 Å². The van der Waals surface area contributed by atoms with Gasteiger partial charge in [-0.25, -0.2) is 0 Å². The molecule has 0 aliphatic heterocycles. The molecule has 0 saturated carbocycles. The molecule has 0 aliphatic rings. The van der Waals surface area contributed by atoms with Crippen molar-refractivity contribution in [2.24, 2.45) is 4.99 Å². The molecule has 0 spiro atoms. The highest BCUT2D eigenvalue weighted by Crippen LogP contribution is 2.32. The highest BCUT2D eigenvalue weighted by atomic mass is 79.9. The van der Waals surface area contributed by atoms with E-state index in [1.165, 1.54) is 6.21 Å². The van der Waals surface area contributed by atoms with Crippen molar-refractivity contribution in [2.45, 2.75) is 13.3 Å². The fourth-order valence-corrected chi connectivity index (χ4v) is 2.97. The summed E-state index contributed by atoms with van der Waals surface area (Å²) in [7, 11) is 0. The summed E-state index contributed by atoms with van der Waals surface area (Å²) in [6, 6.07) is 8.83. The Hall–Kier alpha value is -1.33. The zero-order valence-corrected chi connectivity index (χ0v) is 13.9. The van der Waals surface area contributed by atoms with Gasteiger partial charge in [-0.05, 0) is 52.2 Å². The summed E-state index contributed by atoms with van der Waals surface area (Å²) in [6.07, 6.45) is 2.40. The monoisotopic (exact) mass is 397 g/mol. The number of hydrogen-bond acceptors (Lipinski definition) is 3. The SMILES string of the molecule is CCc1ccc(O)c(N=Cc2cc(Br)cc(Br)c2O)c1. The van der Waals surface area contributed by atoms with Crippen molar-refractivity contribution in [3.63, 3.8) is 0 Å². The maximum absolute atomic E-state index is 9.95. The lowest BCUT2D eigenvalue weighted by molar-refractivity contribution is 0.470. The lowest BCUT2D eigenvalue weighted by atomic mass is 10.1. The van der Waals surface area contributed by atoms with Crippen LogP contribution in [0.25, 0.3) is 0 Å². The van der Waals surface area contributed by atoms with E-state index in [4.69, 9.17) is 0 Å². The first kappa shape index (κ1) is 15.1. The van der Waals surface area contributed by atoms with Crippen molar-refractivity contribution >= 4 is 43.8 Å². The van der Waals surface area contributed by atoms with Gasteiger partial charge in [0, 0.05) is 16.3 Å². The van der Waals surface area contributed by atoms with Gasteiger partial charge in [-0.1, -0.05) is 28.9 Å². The van der Waals surface area contributed by atoms with Gasteiger partial charge in [0.1, 0.15) is 17.2 Å². The Morgan fingerprint density at radius 3 is 2.60 bits per heavy atom. The maximum atomic E-state index is 9.95. The molecule has 2 N–H and O–H groups in total. The molecule has 0 atom stereocenters. The zero-order valence-electron chi connectivity index (χ0n) is 10.8. The van der Waals surface area contributed by atoms with Crippen molar-refractivity contribution in [3.8, 4) is 11.5 Å². The van der Waals surface area contributed by atoms with Crippen LogP contribution in [0, 0.1) is 0 Å². The highest BCUT2D eigenvalue weighted by molar-refractivity contribution is 9.11. The van der Waals surface area contributed by atoms with Gasteiger partial charge in [0.15, 0.2) is 0 Å². The van der Waals surface area contributed by atoms with Gasteiger partial charge in [0.05, 0.1) is 4.47 Å². The molecular formula is C15H13Br2NO2. The average molecular weight is 399 g/mol. The van der Waals surface area contributed by atoms with Crippen molar-refractivity contribution in [1.29, 1.82) is 0 Å². The largest absolute Gasteiger partial charge is 0.506 e. The molecule has 0 aliphatic carbocycles. The Labute approximate surface area is 134 Å². The normalized spacial score (nSPS) is 11.2. The number of phenols is 2. The van der Waals surface area contributed by atoms with E-state index in [1.54, 1.807) is 18.2 Å². The standard InChI is InChI=1S/C15H13Br2NO2/c1-2-9-3-4-14(19)13(5-9)18-8-10-6-11(16)7-12(17)15(10)20/h3-8,19-20H,2H2,1H3. The lowest BCUT2D eigenvalue weighted by Gasteiger charge is -2.04. The van der Waals surface area contributed by atoms with Crippen LogP contribution in [-0.2, 0) is 6.42 Å². The molecule has 2 aromatic rings. The van der Waals surface area contributed by atoms with E-state index in [1.807, 2.05) is 19.1 Å². The van der Waals surface area contributed by atoms with Gasteiger partial charge in [-0.3, -0.25) is 4.99 Å². The fourth-order valence-electron chi connectivity index (χ4n) is 1.72. The Morgan fingerprint density at radius 1 is 1.15 bits per heavy atom. The van der Waals surface area contributed by atoms with E-state index in [0.29, 0.717) is 15.7 Å². The van der Waals surface area contributed by atoms with Crippen LogP contribution in [0.3, 0.4) is 0 Å². The number of nitrogens with zero attached hydrogens (tertiary/aromatic N) is 1. The Kier molecular flexibility index (Phi) is 4.83. The number of aliphatic imine (C=N–C) groups is 1. The third-order valence-corrected chi connectivity index (χ3v) is 3.91. The molecule has 0 radical (unpaired) electrons. The van der Waals surface area contributed by atoms with Crippen molar-refractivity contribution < 1.29 is 10.2 Å². The summed E-state index contributed by atoms with van der Waals surface area (Å²) in [5, 5.41) is 19.7. The number of hydrogen-bond donors (Lipinski definition) is 2. The van der Waals surface area contributed by atoms with Crippen LogP contribution < -0.4 is 0 Å². The Morgan fingerprint density at radius 2 is 1.90 bits per heavy atom. The van der Waals surface area contributed by atoms with Gasteiger partial charge in [-0.15, -0.1) is 0 Å². The van der Waals surface area contributed by atoms with E-state index in [2.05, 4.69) is 36.9 Å². The summed E-state index contributed by atoms with van der Waals surface area (Å²) in [6.45, 7) is 2.04. The first-order valence-electron chi connectivity index (χ1n) is 6.05. The van der Waals surface area contributed by atoms with E-state index in [9.17, 15) is 10.2 Å². The summed E-state index contributed by atoms with van der Waals surface area (Å²) < 4.78 is 1.41. The third kappa shape index (κ3) is 3.41. The van der Waals surface area contributed by atoms with E-state index in [-0.39, 0.29) is 11.5 Å². The molecule has 0 fully saturated rings. The molecule has 0 aromatic heterocycles. The molecule has 104 valence electrons. The van der Waals surface area contributed by atoms with Gasteiger partial charge < -0.3 is 10.2 Å². The van der Waals surface area contributed by atoms with E-state index < -0.39 is 0 Å². The minimum Gasteiger partial charge on any atom is -0.506 e. The third-order valence-electron chi connectivity index (χ3n) is 2.85. The van der Waals surface area contributed by atoms with Gasteiger partial charge in [0.2, 0.25) is 0 Å². The van der Waals surface area contributed by atoms with Gasteiger partial charge in [0.25, 0.3) is 0 Å². The fraction of sp³-hybridized carbons (Fsp3) is 0.133. The maximum Gasteiger partial charge on any atom is 0.141 e. The summed E-state index contributed by atoms with van der Waals surface area (Å²) in [5.74, 6) is 0.232. The van der Waals surface area contributed by atoms with Crippen LogP contribution in [0.15, 0.2) is 44.3 Å². The number of halogens is 2. The predicted octanol–water partition coefficient (Wildman–Crippen LogP) is 4.94. The van der Waals surface area contributed by atoms with Crippen molar-refractivity contribution in [3.05, 3.63) is 50.4 Å². The number of benzene rings is 2. The van der Waals surface area contributed by atoms with Crippen molar-refractivity contribution in [1.82, 2.24) is 0 Å². The van der Waals surface area contributed by atoms with Crippen LogP contribution in [0.1, 0.15) is 18.1 Å². The number of aryl methyl sites for hydroxylation is 1. The Balaban J connectivity index is 2.39. The molecule has 2 rings (SSSR count). The van der Waals surface area contributed by atoms with Crippen LogP contribution in [-0.4, -0.2) is 16.4 Å². The van der Waals surface area contributed by atoms with E-state index >= 15 is 0 Å². The highest BCUT2D eigenvalue weighted by Gasteiger charge is 2.06. The van der Waals surface area contributed by atoms with Crippen LogP contribution >= 0.6 is 31.9 Å². The number of rotatable bonds is 3. The zero-order chi connectivity index (χ0) is 14.7. The molecule has 0 saturated heterocycles. The molecular weight excluding hydrogens is 386 g/mol. The minimum absolute atomic E-state index is 0.114. The minimum atomic E-state index is 0.114. The molecule has 3 nitrogen and oxygen atoms in total. The summed E-state index contributed by atoms with van der Waals surface area (Å²) >= 11 is 6.63. The topological polar surface area (TPSA) is 52.8 Å². The Bertz CT molecular complexity index is 669. The predicted molar refractivity (Wildman–Crippen MR) is 88.2 cm³/mol. The molecule has 0 heterocycles. The first-order chi connectivity index (χ1) is 9.51. The second-order valence-electron chi connectivity index (χ2n) is 4.26. The summed E-state index contributed by atoms with van der Waals surface area (Å²) in [5.41, 5.74) is 2.14. The smallest absolute Gasteiger partial charge is 0.141 e. The van der Waals surface area contributed by atoms with Gasteiger partial charge in [-0.2, -0.15) is 0 Å². The lowest BCUT2D eigenvalue weighted by Crippen LogP contribution is -1.85. The molecule has 0 amide bonds. The molecule has 20 heavy (non-hydrogen) atoms. The van der Waals surface area contributed by atoms with Crippen LogP contribution in [0.4, 0.5) is 5.69 Å². The van der Waals surface area contributed by atoms with Crippen molar-refractivity contribution in [2.75, 3.05) is 0 Å². The van der Waals surface area contributed by atoms with E-state index in [0.717, 1.165) is 16.5 Å². The second kappa shape index (κ2) is 6.41. The number of aromatic hydroxyl groups is 2. The van der Waals surface area contributed by atoms with Gasteiger partial charge >= 0.3 is 0 Å². The molecule has 5 heteroatoms. The molecule has 0 bridgehead atoms. The summed E-state index contributed by atoms with van der Waals surface area (Å²) in [4.78, 5) is 4.25. The first-order valence-corrected chi connectivity index (χ1v) is 7.64.